The highest BCUT2D eigenvalue weighted by molar-refractivity contribution is 9.10. The fourth-order valence-electron chi connectivity index (χ4n) is 2.67. The number of esters is 1. The molecule has 0 spiro atoms. The molecule has 0 unspecified atom stereocenters. The minimum Gasteiger partial charge on any atom is -0.493 e. The van der Waals surface area contributed by atoms with Gasteiger partial charge in [0.25, 0.3) is 0 Å². The zero-order chi connectivity index (χ0) is 21.4. The highest BCUT2D eigenvalue weighted by atomic mass is 79.9. The minimum absolute atomic E-state index is 0.00836. The van der Waals surface area contributed by atoms with E-state index in [1.807, 2.05) is 0 Å². The van der Waals surface area contributed by atoms with Crippen molar-refractivity contribution in [3.63, 3.8) is 0 Å². The molecular weight excluding hydrogens is 462 g/mol. The molecule has 0 radical (unpaired) electrons. The van der Waals surface area contributed by atoms with E-state index in [2.05, 4.69) is 15.9 Å². The Morgan fingerprint density at radius 2 is 1.69 bits per heavy atom. The van der Waals surface area contributed by atoms with Gasteiger partial charge in [-0.1, -0.05) is 22.0 Å². The van der Waals surface area contributed by atoms with Crippen molar-refractivity contribution in [2.75, 3.05) is 27.4 Å². The van der Waals surface area contributed by atoms with Crippen LogP contribution in [0, 0.1) is 0 Å². The highest BCUT2D eigenvalue weighted by Gasteiger charge is 2.26. The maximum Gasteiger partial charge on any atom is 0.307 e. The van der Waals surface area contributed by atoms with Crippen LogP contribution in [0.5, 0.6) is 11.5 Å². The number of hydrogen-bond donors (Lipinski definition) is 0. The van der Waals surface area contributed by atoms with Crippen molar-refractivity contribution in [2.24, 2.45) is 0 Å². The van der Waals surface area contributed by atoms with Crippen molar-refractivity contribution in [1.29, 1.82) is 0 Å². The number of hydrogen-bond acceptors (Lipinski definition) is 6. The van der Waals surface area contributed by atoms with Gasteiger partial charge in [0.05, 0.1) is 32.1 Å². The molecule has 7 nitrogen and oxygen atoms in total. The summed E-state index contributed by atoms with van der Waals surface area (Å²) < 4.78 is 43.9. The van der Waals surface area contributed by atoms with Crippen LogP contribution in [-0.4, -0.2) is 46.1 Å². The Hall–Kier alpha value is -2.10. The van der Waals surface area contributed by atoms with E-state index < -0.39 is 16.0 Å². The molecule has 2 aromatic rings. The first-order valence-electron chi connectivity index (χ1n) is 8.94. The number of carbonyl (C=O) groups excluding carboxylic acids is 1. The third kappa shape index (κ3) is 6.19. The van der Waals surface area contributed by atoms with Crippen molar-refractivity contribution < 1.29 is 27.4 Å². The summed E-state index contributed by atoms with van der Waals surface area (Å²) in [6, 6.07) is 11.5. The number of rotatable bonds is 10. The summed E-state index contributed by atoms with van der Waals surface area (Å²) in [6.07, 6.45) is -0.0448. The first-order valence-corrected chi connectivity index (χ1v) is 11.2. The summed E-state index contributed by atoms with van der Waals surface area (Å²) >= 11 is 3.30. The van der Waals surface area contributed by atoms with E-state index in [0.29, 0.717) is 17.1 Å². The summed E-state index contributed by atoms with van der Waals surface area (Å²) in [6.45, 7) is 2.01. The molecule has 0 aliphatic carbocycles. The summed E-state index contributed by atoms with van der Waals surface area (Å²) in [5.74, 6) is 0.595. The van der Waals surface area contributed by atoms with Crippen molar-refractivity contribution in [2.45, 2.75) is 24.8 Å². The predicted octanol–water partition coefficient (Wildman–Crippen LogP) is 3.61. The second kappa shape index (κ2) is 10.6. The van der Waals surface area contributed by atoms with Crippen LogP contribution in [0.3, 0.4) is 0 Å². The van der Waals surface area contributed by atoms with E-state index in [1.165, 1.54) is 30.7 Å². The highest BCUT2D eigenvalue weighted by Crippen LogP contribution is 2.29. The smallest absolute Gasteiger partial charge is 0.307 e. The minimum atomic E-state index is -3.83. The topological polar surface area (TPSA) is 82.1 Å². The quantitative estimate of drug-likeness (QED) is 0.478. The maximum absolute atomic E-state index is 13.2. The molecular formula is C20H24BrNO6S. The molecule has 0 aliphatic rings. The Bertz CT molecular complexity index is 930. The summed E-state index contributed by atoms with van der Waals surface area (Å²) in [5.41, 5.74) is 0.701. The van der Waals surface area contributed by atoms with Crippen LogP contribution in [0.15, 0.2) is 51.8 Å². The normalized spacial score (nSPS) is 11.3. The molecule has 0 N–H and O–H groups in total. The Labute approximate surface area is 179 Å². The molecule has 2 aromatic carbocycles. The number of nitrogens with zero attached hydrogens (tertiary/aromatic N) is 1. The molecule has 29 heavy (non-hydrogen) atoms. The number of carbonyl (C=O) groups is 1. The number of benzene rings is 2. The van der Waals surface area contributed by atoms with Crippen molar-refractivity contribution in [3.8, 4) is 11.5 Å². The maximum atomic E-state index is 13.2. The van der Waals surface area contributed by atoms with Crippen molar-refractivity contribution >= 4 is 31.9 Å². The fourth-order valence-corrected chi connectivity index (χ4v) is 4.36. The lowest BCUT2D eigenvalue weighted by atomic mass is 10.2. The van der Waals surface area contributed by atoms with E-state index in [-0.39, 0.29) is 31.0 Å². The van der Waals surface area contributed by atoms with E-state index in [4.69, 9.17) is 14.2 Å². The zero-order valence-electron chi connectivity index (χ0n) is 16.6. The van der Waals surface area contributed by atoms with Gasteiger partial charge in [-0.25, -0.2) is 8.42 Å². The average Bonchev–Trinajstić information content (AvgIpc) is 2.71. The van der Waals surface area contributed by atoms with Crippen LogP contribution in [0.1, 0.15) is 18.9 Å². The van der Waals surface area contributed by atoms with Crippen LogP contribution in [-0.2, 0) is 26.1 Å². The molecule has 9 heteroatoms. The first-order chi connectivity index (χ1) is 13.8. The van der Waals surface area contributed by atoms with E-state index in [9.17, 15) is 13.2 Å². The van der Waals surface area contributed by atoms with Gasteiger partial charge >= 0.3 is 5.97 Å². The molecule has 0 fully saturated rings. The molecule has 158 valence electrons. The van der Waals surface area contributed by atoms with Crippen LogP contribution in [0.4, 0.5) is 0 Å². The van der Waals surface area contributed by atoms with E-state index >= 15 is 0 Å². The van der Waals surface area contributed by atoms with E-state index in [1.54, 1.807) is 37.3 Å². The zero-order valence-corrected chi connectivity index (χ0v) is 19.0. The third-order valence-electron chi connectivity index (χ3n) is 4.13. The standard InChI is InChI=1S/C20H24BrNO6S/c1-4-28-20(23)11-12-22(29(24,25)17-8-6-16(21)7-9-17)14-15-5-10-18(26-2)19(13-15)27-3/h5-10,13H,4,11-12,14H2,1-3H3. The van der Waals surface area contributed by atoms with Gasteiger partial charge in [0.2, 0.25) is 10.0 Å². The van der Waals surface area contributed by atoms with Crippen LogP contribution in [0.25, 0.3) is 0 Å². The molecule has 0 aliphatic heterocycles. The summed E-state index contributed by atoms with van der Waals surface area (Å²) in [4.78, 5) is 11.9. The molecule has 2 rings (SSSR count). The average molecular weight is 486 g/mol. The van der Waals surface area contributed by atoms with Gasteiger partial charge in [-0.3, -0.25) is 4.79 Å². The van der Waals surface area contributed by atoms with Gasteiger partial charge < -0.3 is 14.2 Å². The molecule has 0 saturated heterocycles. The van der Waals surface area contributed by atoms with Crippen molar-refractivity contribution in [1.82, 2.24) is 4.31 Å². The van der Waals surface area contributed by atoms with Gasteiger partial charge in [-0.15, -0.1) is 0 Å². The Morgan fingerprint density at radius 1 is 1.03 bits per heavy atom. The number of methoxy groups -OCH3 is 2. The predicted molar refractivity (Wildman–Crippen MR) is 113 cm³/mol. The fraction of sp³-hybridized carbons (Fsp3) is 0.350. The molecule has 0 bridgehead atoms. The first kappa shape index (κ1) is 23.2. The van der Waals surface area contributed by atoms with Crippen molar-refractivity contribution in [3.05, 3.63) is 52.5 Å². The number of halogens is 1. The Kier molecular flexibility index (Phi) is 8.48. The SMILES string of the molecule is CCOC(=O)CCN(Cc1ccc(OC)c(OC)c1)S(=O)(=O)c1ccc(Br)cc1. The summed E-state index contributed by atoms with van der Waals surface area (Å²) in [5, 5.41) is 0. The molecule has 0 heterocycles. The largest absolute Gasteiger partial charge is 0.493 e. The van der Waals surface area contributed by atoms with Gasteiger partial charge in [0, 0.05) is 17.6 Å². The van der Waals surface area contributed by atoms with Crippen LogP contribution >= 0.6 is 15.9 Å². The Balaban J connectivity index is 2.34. The molecule has 0 atom stereocenters. The van der Waals surface area contributed by atoms with Gasteiger partial charge in [0.15, 0.2) is 11.5 Å². The number of ether oxygens (including phenoxy) is 3. The summed E-state index contributed by atoms with van der Waals surface area (Å²) in [7, 11) is -0.788. The Morgan fingerprint density at radius 3 is 2.28 bits per heavy atom. The monoisotopic (exact) mass is 485 g/mol. The van der Waals surface area contributed by atoms with Crippen LogP contribution < -0.4 is 9.47 Å². The lowest BCUT2D eigenvalue weighted by molar-refractivity contribution is -0.143. The third-order valence-corrected chi connectivity index (χ3v) is 6.52. The van der Waals surface area contributed by atoms with Gasteiger partial charge in [-0.2, -0.15) is 4.31 Å². The van der Waals surface area contributed by atoms with Gasteiger partial charge in [-0.05, 0) is 48.9 Å². The lowest BCUT2D eigenvalue weighted by Gasteiger charge is -2.22. The second-order valence-corrected chi connectivity index (χ2v) is 8.89. The lowest BCUT2D eigenvalue weighted by Crippen LogP contribution is -2.33. The second-order valence-electron chi connectivity index (χ2n) is 6.04. The molecule has 0 amide bonds. The van der Waals surface area contributed by atoms with Gasteiger partial charge in [0.1, 0.15) is 0 Å². The molecule has 0 aromatic heterocycles. The van der Waals surface area contributed by atoms with E-state index in [0.717, 1.165) is 4.47 Å². The molecule has 0 saturated carbocycles. The number of sulfonamides is 1. The van der Waals surface area contributed by atoms with Crippen LogP contribution in [0.2, 0.25) is 0 Å².